The van der Waals surface area contributed by atoms with E-state index in [4.69, 9.17) is 0 Å². The molecule has 0 atom stereocenters. The molecule has 0 spiro atoms. The first-order chi connectivity index (χ1) is 9.26. The first kappa shape index (κ1) is 17.0. The van der Waals surface area contributed by atoms with Crippen LogP contribution in [0.4, 0.5) is 0 Å². The third kappa shape index (κ3) is 6.27. The summed E-state index contributed by atoms with van der Waals surface area (Å²) in [5.74, 6) is 0. The Labute approximate surface area is 121 Å². The second-order valence-electron chi connectivity index (χ2n) is 6.31. The predicted molar refractivity (Wildman–Crippen MR) is 85.7 cm³/mol. The van der Waals surface area contributed by atoms with E-state index in [0.717, 1.165) is 0 Å². The molecule has 1 heterocycles. The molecular weight excluding hydrogens is 232 g/mol. The van der Waals surface area contributed by atoms with Crippen molar-refractivity contribution in [2.45, 2.75) is 84.1 Å². The third-order valence-electron chi connectivity index (χ3n) is 4.89. The molecule has 0 aromatic rings. The Morgan fingerprint density at radius 1 is 0.895 bits per heavy atom. The van der Waals surface area contributed by atoms with E-state index in [1.807, 2.05) is 0 Å². The molecule has 19 heavy (non-hydrogen) atoms. The largest absolute Gasteiger partial charge is 0.309 e. The molecule has 0 radical (unpaired) electrons. The fourth-order valence-electron chi connectivity index (χ4n) is 3.25. The van der Waals surface area contributed by atoms with Crippen LogP contribution in [0.1, 0.15) is 78.6 Å². The quantitative estimate of drug-likeness (QED) is 0.597. The van der Waals surface area contributed by atoms with Gasteiger partial charge in [-0.05, 0) is 25.8 Å². The number of piperazine rings is 1. The summed E-state index contributed by atoms with van der Waals surface area (Å²) in [5, 5.41) is 3.75. The average Bonchev–Trinajstić information content (AvgIpc) is 2.46. The van der Waals surface area contributed by atoms with Gasteiger partial charge in [0, 0.05) is 25.2 Å². The summed E-state index contributed by atoms with van der Waals surface area (Å²) >= 11 is 0. The molecule has 0 aromatic carbocycles. The molecule has 0 bridgehead atoms. The van der Waals surface area contributed by atoms with Gasteiger partial charge in [0.05, 0.1) is 0 Å². The van der Waals surface area contributed by atoms with Gasteiger partial charge < -0.3 is 10.2 Å². The van der Waals surface area contributed by atoms with E-state index in [9.17, 15) is 0 Å². The molecule has 1 N–H and O–H groups in total. The number of hydrogen-bond donors (Lipinski definition) is 1. The van der Waals surface area contributed by atoms with Gasteiger partial charge in [-0.1, -0.05) is 59.3 Å². The van der Waals surface area contributed by atoms with Gasteiger partial charge in [-0.2, -0.15) is 0 Å². The number of hydrogen-bond acceptors (Lipinski definition) is 2. The lowest BCUT2D eigenvalue weighted by Gasteiger charge is -2.43. The molecule has 1 rings (SSSR count). The van der Waals surface area contributed by atoms with Gasteiger partial charge in [0.25, 0.3) is 0 Å². The Kier molecular flexibility index (Phi) is 8.72. The Balaban J connectivity index is 2.09. The zero-order valence-electron chi connectivity index (χ0n) is 13.6. The van der Waals surface area contributed by atoms with Crippen molar-refractivity contribution in [2.75, 3.05) is 26.2 Å². The number of nitrogens with zero attached hydrogens (tertiary/aromatic N) is 1. The van der Waals surface area contributed by atoms with Crippen molar-refractivity contribution in [3.05, 3.63) is 0 Å². The van der Waals surface area contributed by atoms with Crippen LogP contribution < -0.4 is 5.32 Å². The highest BCUT2D eigenvalue weighted by atomic mass is 15.2. The Hall–Kier alpha value is -0.0800. The van der Waals surface area contributed by atoms with Crippen LogP contribution in [0.5, 0.6) is 0 Å². The molecule has 1 aliphatic rings. The minimum absolute atomic E-state index is 0.402. The number of rotatable bonds is 10. The summed E-state index contributed by atoms with van der Waals surface area (Å²) in [6.07, 6.45) is 12.5. The topological polar surface area (TPSA) is 15.3 Å². The van der Waals surface area contributed by atoms with Gasteiger partial charge in [-0.25, -0.2) is 0 Å². The van der Waals surface area contributed by atoms with Gasteiger partial charge in [-0.15, -0.1) is 0 Å². The average molecular weight is 268 g/mol. The van der Waals surface area contributed by atoms with E-state index in [2.05, 4.69) is 31.0 Å². The van der Waals surface area contributed by atoms with Crippen LogP contribution >= 0.6 is 0 Å². The van der Waals surface area contributed by atoms with Crippen molar-refractivity contribution in [1.82, 2.24) is 10.2 Å². The van der Waals surface area contributed by atoms with Gasteiger partial charge in [0.1, 0.15) is 0 Å². The standard InChI is InChI=1S/C17H36N2/c1-4-7-8-9-10-11-12-14-19-15-13-18-17(5-2,6-3)16-19/h18H,4-16H2,1-3H3. The molecule has 0 aromatic heterocycles. The molecule has 1 saturated heterocycles. The lowest BCUT2D eigenvalue weighted by molar-refractivity contribution is 0.122. The van der Waals surface area contributed by atoms with Crippen LogP contribution in [-0.2, 0) is 0 Å². The lowest BCUT2D eigenvalue weighted by atomic mass is 9.90. The SMILES string of the molecule is CCCCCCCCCN1CCNC(CC)(CC)C1. The van der Waals surface area contributed by atoms with Crippen molar-refractivity contribution in [1.29, 1.82) is 0 Å². The van der Waals surface area contributed by atoms with Gasteiger partial charge in [0.2, 0.25) is 0 Å². The molecule has 0 saturated carbocycles. The lowest BCUT2D eigenvalue weighted by Crippen LogP contribution is -2.59. The second kappa shape index (κ2) is 9.77. The highest BCUT2D eigenvalue weighted by Gasteiger charge is 2.31. The van der Waals surface area contributed by atoms with E-state index in [1.54, 1.807) is 0 Å². The molecule has 1 fully saturated rings. The van der Waals surface area contributed by atoms with E-state index < -0.39 is 0 Å². The highest BCUT2D eigenvalue weighted by Crippen LogP contribution is 2.20. The zero-order chi connectivity index (χ0) is 14.0. The van der Waals surface area contributed by atoms with E-state index in [0.29, 0.717) is 5.54 Å². The highest BCUT2D eigenvalue weighted by molar-refractivity contribution is 4.92. The minimum atomic E-state index is 0.402. The first-order valence-electron chi connectivity index (χ1n) is 8.73. The third-order valence-corrected chi connectivity index (χ3v) is 4.89. The van der Waals surface area contributed by atoms with Crippen LogP contribution in [0.2, 0.25) is 0 Å². The van der Waals surface area contributed by atoms with Gasteiger partial charge >= 0.3 is 0 Å². The van der Waals surface area contributed by atoms with Crippen molar-refractivity contribution in [2.24, 2.45) is 0 Å². The van der Waals surface area contributed by atoms with Crippen LogP contribution in [0.3, 0.4) is 0 Å². The summed E-state index contributed by atoms with van der Waals surface area (Å²) in [6.45, 7) is 11.9. The van der Waals surface area contributed by atoms with E-state index >= 15 is 0 Å². The van der Waals surface area contributed by atoms with Crippen molar-refractivity contribution in [3.63, 3.8) is 0 Å². The summed E-state index contributed by atoms with van der Waals surface area (Å²) in [4.78, 5) is 2.69. The zero-order valence-corrected chi connectivity index (χ0v) is 13.6. The predicted octanol–water partition coefficient (Wildman–Crippen LogP) is 4.20. The maximum absolute atomic E-state index is 3.75. The fraction of sp³-hybridized carbons (Fsp3) is 1.00. The van der Waals surface area contributed by atoms with Crippen LogP contribution in [0.15, 0.2) is 0 Å². The van der Waals surface area contributed by atoms with Gasteiger partial charge in [0.15, 0.2) is 0 Å². The second-order valence-corrected chi connectivity index (χ2v) is 6.31. The number of nitrogens with one attached hydrogen (secondary N) is 1. The maximum atomic E-state index is 3.75. The molecule has 114 valence electrons. The first-order valence-corrected chi connectivity index (χ1v) is 8.73. The van der Waals surface area contributed by atoms with Crippen molar-refractivity contribution in [3.8, 4) is 0 Å². The molecule has 2 nitrogen and oxygen atoms in total. The summed E-state index contributed by atoms with van der Waals surface area (Å²) in [5.41, 5.74) is 0.402. The van der Waals surface area contributed by atoms with Gasteiger partial charge in [-0.3, -0.25) is 0 Å². The van der Waals surface area contributed by atoms with Crippen LogP contribution in [0, 0.1) is 0 Å². The summed E-state index contributed by atoms with van der Waals surface area (Å²) in [6, 6.07) is 0. The van der Waals surface area contributed by atoms with Crippen molar-refractivity contribution < 1.29 is 0 Å². The molecular formula is C17H36N2. The monoisotopic (exact) mass is 268 g/mol. The molecule has 0 aliphatic carbocycles. The molecule has 2 heteroatoms. The minimum Gasteiger partial charge on any atom is -0.309 e. The maximum Gasteiger partial charge on any atom is 0.0304 e. The normalized spacial score (nSPS) is 19.7. The molecule has 0 unspecified atom stereocenters. The van der Waals surface area contributed by atoms with Crippen LogP contribution in [-0.4, -0.2) is 36.6 Å². The summed E-state index contributed by atoms with van der Waals surface area (Å²) in [7, 11) is 0. The van der Waals surface area contributed by atoms with E-state index in [1.165, 1.54) is 84.0 Å². The molecule has 0 amide bonds. The fourth-order valence-corrected chi connectivity index (χ4v) is 3.25. The van der Waals surface area contributed by atoms with Crippen molar-refractivity contribution >= 4 is 0 Å². The number of unbranched alkanes of at least 4 members (excludes halogenated alkanes) is 6. The smallest absolute Gasteiger partial charge is 0.0304 e. The summed E-state index contributed by atoms with van der Waals surface area (Å²) < 4.78 is 0. The Morgan fingerprint density at radius 2 is 1.53 bits per heavy atom. The Morgan fingerprint density at radius 3 is 2.16 bits per heavy atom. The molecule has 1 aliphatic heterocycles. The van der Waals surface area contributed by atoms with Crippen LogP contribution in [0.25, 0.3) is 0 Å². The Bertz CT molecular complexity index is 211. The van der Waals surface area contributed by atoms with E-state index in [-0.39, 0.29) is 0 Å².